The van der Waals surface area contributed by atoms with Gasteiger partial charge in [-0.3, -0.25) is 9.59 Å². The molecule has 1 aliphatic heterocycles. The van der Waals surface area contributed by atoms with Gasteiger partial charge in [-0.1, -0.05) is 40.2 Å². The molecule has 5 nitrogen and oxygen atoms in total. The topological polar surface area (TPSA) is 62.3 Å². The maximum atomic E-state index is 13.2. The van der Waals surface area contributed by atoms with Gasteiger partial charge in [0.25, 0.3) is 0 Å². The summed E-state index contributed by atoms with van der Waals surface area (Å²) in [6.45, 7) is 2.21. The highest BCUT2D eigenvalue weighted by atomic mass is 79.9. The second-order valence-electron chi connectivity index (χ2n) is 7.27. The number of hydrogen-bond donors (Lipinski definition) is 1. The lowest BCUT2D eigenvalue weighted by Crippen LogP contribution is -2.35. The van der Waals surface area contributed by atoms with E-state index in [1.54, 1.807) is 11.3 Å². The summed E-state index contributed by atoms with van der Waals surface area (Å²) in [6.07, 6.45) is 2.13. The van der Waals surface area contributed by atoms with Gasteiger partial charge in [0.2, 0.25) is 11.8 Å². The zero-order valence-electron chi connectivity index (χ0n) is 16.1. The quantitative estimate of drug-likeness (QED) is 0.569. The average molecular weight is 472 g/mol. The first-order valence-electron chi connectivity index (χ1n) is 9.69. The maximum Gasteiger partial charge on any atom is 0.225 e. The van der Waals surface area contributed by atoms with Crippen LogP contribution in [0.2, 0.25) is 0 Å². The number of para-hydroxylation sites is 1. The Morgan fingerprint density at radius 2 is 2.00 bits per heavy atom. The zero-order chi connectivity index (χ0) is 20.4. The van der Waals surface area contributed by atoms with Gasteiger partial charge in [-0.2, -0.15) is 0 Å². The number of nitrogens with one attached hydrogen (secondary N) is 1. The van der Waals surface area contributed by atoms with Crippen molar-refractivity contribution < 1.29 is 9.59 Å². The van der Waals surface area contributed by atoms with Gasteiger partial charge in [0.05, 0.1) is 28.7 Å². The Morgan fingerprint density at radius 1 is 1.24 bits per heavy atom. The molecular weight excluding hydrogens is 450 g/mol. The minimum absolute atomic E-state index is 0.0165. The van der Waals surface area contributed by atoms with E-state index < -0.39 is 0 Å². The van der Waals surface area contributed by atoms with Crippen molar-refractivity contribution in [2.24, 2.45) is 0 Å². The van der Waals surface area contributed by atoms with Gasteiger partial charge < -0.3 is 10.2 Å². The van der Waals surface area contributed by atoms with E-state index in [1.165, 1.54) is 6.92 Å². The third kappa shape index (κ3) is 4.51. The van der Waals surface area contributed by atoms with E-state index in [2.05, 4.69) is 27.3 Å². The van der Waals surface area contributed by atoms with Crippen LogP contribution in [0, 0.1) is 0 Å². The molecule has 1 fully saturated rings. The first-order valence-corrected chi connectivity index (χ1v) is 11.3. The molecule has 1 N–H and O–H groups in total. The smallest absolute Gasteiger partial charge is 0.225 e. The van der Waals surface area contributed by atoms with Crippen LogP contribution in [0.4, 0.5) is 0 Å². The van der Waals surface area contributed by atoms with Gasteiger partial charge in [0, 0.05) is 17.9 Å². The number of halogens is 1. The molecule has 2 atom stereocenters. The van der Waals surface area contributed by atoms with Crippen LogP contribution >= 0.6 is 27.3 Å². The Morgan fingerprint density at radius 3 is 2.72 bits per heavy atom. The highest BCUT2D eigenvalue weighted by Crippen LogP contribution is 2.37. The van der Waals surface area contributed by atoms with Crippen molar-refractivity contribution in [3.05, 3.63) is 63.6 Å². The standard InChI is InChI=1S/C22H22BrN3O2S/c1-14(27)24-18(15-8-10-16(23)11-9-15)13-21(28)26-12-4-6-19(26)22-25-17-5-2-3-7-20(17)29-22/h2-3,5,7-11,18-19H,4,6,12-13H2,1H3,(H,24,27). The predicted molar refractivity (Wildman–Crippen MR) is 119 cm³/mol. The third-order valence-electron chi connectivity index (χ3n) is 5.20. The number of carbonyl (C=O) groups excluding carboxylic acids is 2. The molecule has 0 bridgehead atoms. The van der Waals surface area contributed by atoms with E-state index in [9.17, 15) is 9.59 Å². The molecule has 0 spiro atoms. The van der Waals surface area contributed by atoms with E-state index in [1.807, 2.05) is 47.4 Å². The Labute approximate surface area is 182 Å². The van der Waals surface area contributed by atoms with E-state index in [0.717, 1.165) is 44.6 Å². The van der Waals surface area contributed by atoms with E-state index in [-0.39, 0.29) is 30.3 Å². The fourth-order valence-electron chi connectivity index (χ4n) is 3.84. The number of amides is 2. The number of thiazole rings is 1. The number of nitrogens with zero attached hydrogens (tertiary/aromatic N) is 2. The summed E-state index contributed by atoms with van der Waals surface area (Å²) < 4.78 is 2.11. The number of carbonyl (C=O) groups is 2. The van der Waals surface area contributed by atoms with Gasteiger partial charge in [0.1, 0.15) is 5.01 Å². The van der Waals surface area contributed by atoms with Crippen LogP contribution < -0.4 is 5.32 Å². The molecule has 1 aromatic heterocycles. The first-order chi connectivity index (χ1) is 14.0. The molecule has 1 aliphatic rings. The number of fused-ring (bicyclic) bond motifs is 1. The minimum atomic E-state index is -0.343. The molecule has 2 heterocycles. The number of aromatic nitrogens is 1. The summed E-state index contributed by atoms with van der Waals surface area (Å²) in [4.78, 5) is 31.7. The molecule has 7 heteroatoms. The van der Waals surface area contributed by atoms with Crippen molar-refractivity contribution in [1.29, 1.82) is 0 Å². The van der Waals surface area contributed by atoms with Gasteiger partial charge in [-0.25, -0.2) is 4.98 Å². The lowest BCUT2D eigenvalue weighted by Gasteiger charge is -2.26. The molecule has 4 rings (SSSR count). The average Bonchev–Trinajstić information content (AvgIpc) is 3.34. The van der Waals surface area contributed by atoms with Crippen LogP contribution in [-0.4, -0.2) is 28.2 Å². The van der Waals surface area contributed by atoms with Gasteiger partial charge in [-0.15, -0.1) is 11.3 Å². The van der Waals surface area contributed by atoms with Crippen molar-refractivity contribution in [3.8, 4) is 0 Å². The summed E-state index contributed by atoms with van der Waals surface area (Å²) in [5, 5.41) is 3.93. The Bertz CT molecular complexity index is 1000. The maximum absolute atomic E-state index is 13.2. The highest BCUT2D eigenvalue weighted by Gasteiger charge is 2.33. The molecule has 29 heavy (non-hydrogen) atoms. The summed E-state index contributed by atoms with van der Waals surface area (Å²) in [7, 11) is 0. The number of hydrogen-bond acceptors (Lipinski definition) is 4. The van der Waals surface area contributed by atoms with Gasteiger partial charge >= 0.3 is 0 Å². The van der Waals surface area contributed by atoms with Crippen LogP contribution in [0.15, 0.2) is 53.0 Å². The molecule has 3 aromatic rings. The van der Waals surface area contributed by atoms with Crippen molar-refractivity contribution in [2.45, 2.75) is 38.3 Å². The molecule has 2 amide bonds. The van der Waals surface area contributed by atoms with Gasteiger partial charge in [0.15, 0.2) is 0 Å². The van der Waals surface area contributed by atoms with Crippen LogP contribution in [0.1, 0.15) is 48.8 Å². The Kier molecular flexibility index (Phi) is 5.96. The van der Waals surface area contributed by atoms with Crippen LogP contribution in [0.3, 0.4) is 0 Å². The molecule has 150 valence electrons. The number of rotatable bonds is 5. The lowest BCUT2D eigenvalue weighted by molar-refractivity contribution is -0.133. The van der Waals surface area contributed by atoms with Crippen molar-refractivity contribution in [3.63, 3.8) is 0 Å². The summed E-state index contributed by atoms with van der Waals surface area (Å²) in [5.41, 5.74) is 1.91. The second kappa shape index (κ2) is 8.63. The van der Waals surface area contributed by atoms with E-state index >= 15 is 0 Å². The number of benzene rings is 2. The van der Waals surface area contributed by atoms with Crippen LogP contribution in [0.25, 0.3) is 10.2 Å². The molecular formula is C22H22BrN3O2S. The minimum Gasteiger partial charge on any atom is -0.349 e. The lowest BCUT2D eigenvalue weighted by atomic mass is 10.0. The third-order valence-corrected chi connectivity index (χ3v) is 6.86. The molecule has 1 saturated heterocycles. The Hall–Kier alpha value is -2.25. The van der Waals surface area contributed by atoms with Gasteiger partial charge in [-0.05, 0) is 42.7 Å². The molecule has 2 unspecified atom stereocenters. The zero-order valence-corrected chi connectivity index (χ0v) is 18.5. The fourth-order valence-corrected chi connectivity index (χ4v) is 5.22. The summed E-state index contributed by atoms with van der Waals surface area (Å²) >= 11 is 5.09. The second-order valence-corrected chi connectivity index (χ2v) is 9.25. The SMILES string of the molecule is CC(=O)NC(CC(=O)N1CCCC1c1nc2ccccc2s1)c1ccc(Br)cc1. The van der Waals surface area contributed by atoms with Crippen molar-refractivity contribution in [2.75, 3.05) is 6.54 Å². The highest BCUT2D eigenvalue weighted by molar-refractivity contribution is 9.10. The summed E-state index contributed by atoms with van der Waals surface area (Å²) in [6, 6.07) is 15.5. The molecule has 2 aromatic carbocycles. The molecule has 0 aliphatic carbocycles. The first kappa shape index (κ1) is 20.0. The van der Waals surface area contributed by atoms with E-state index in [0.29, 0.717) is 0 Å². The van der Waals surface area contributed by atoms with Crippen LogP contribution in [0.5, 0.6) is 0 Å². The van der Waals surface area contributed by atoms with E-state index in [4.69, 9.17) is 4.98 Å². The normalized spacial score (nSPS) is 17.4. The van der Waals surface area contributed by atoms with Crippen molar-refractivity contribution >= 4 is 49.3 Å². The number of likely N-dealkylation sites (tertiary alicyclic amines) is 1. The predicted octanol–water partition coefficient (Wildman–Crippen LogP) is 4.99. The largest absolute Gasteiger partial charge is 0.349 e. The Balaban J connectivity index is 1.54. The molecule has 0 radical (unpaired) electrons. The van der Waals surface area contributed by atoms with Crippen LogP contribution in [-0.2, 0) is 9.59 Å². The fraction of sp³-hybridized carbons (Fsp3) is 0.318. The molecule has 0 saturated carbocycles. The van der Waals surface area contributed by atoms with Crippen molar-refractivity contribution in [1.82, 2.24) is 15.2 Å². The summed E-state index contributed by atoms with van der Waals surface area (Å²) in [5.74, 6) is -0.0942. The monoisotopic (exact) mass is 471 g/mol.